The standard InChI is InChI=1S/C22H35N/c1-3-5-18-8-10-19(11-9-18)21-14-15-22(23-16-21)20-12-6-17(4-2)7-13-20/h14-20H,3-13H2,1-2H3. The summed E-state index contributed by atoms with van der Waals surface area (Å²) in [6, 6.07) is 4.75. The number of nitrogens with zero attached hydrogens (tertiary/aromatic N) is 1. The van der Waals surface area contributed by atoms with Gasteiger partial charge in [0.15, 0.2) is 0 Å². The lowest BCUT2D eigenvalue weighted by Crippen LogP contribution is -2.15. The van der Waals surface area contributed by atoms with Gasteiger partial charge in [-0.05, 0) is 80.8 Å². The summed E-state index contributed by atoms with van der Waals surface area (Å²) in [5, 5.41) is 0. The highest BCUT2D eigenvalue weighted by Gasteiger charge is 2.24. The van der Waals surface area contributed by atoms with Gasteiger partial charge in [-0.15, -0.1) is 0 Å². The van der Waals surface area contributed by atoms with E-state index in [1.807, 2.05) is 0 Å². The molecule has 2 fully saturated rings. The van der Waals surface area contributed by atoms with E-state index in [2.05, 4.69) is 32.2 Å². The van der Waals surface area contributed by atoms with Crippen molar-refractivity contribution in [2.45, 2.75) is 96.3 Å². The van der Waals surface area contributed by atoms with E-state index in [-0.39, 0.29) is 0 Å². The van der Waals surface area contributed by atoms with Crippen molar-refractivity contribution in [2.24, 2.45) is 11.8 Å². The Morgan fingerprint density at radius 2 is 1.48 bits per heavy atom. The van der Waals surface area contributed by atoms with Gasteiger partial charge in [-0.2, -0.15) is 0 Å². The SMILES string of the molecule is CCCC1CCC(c2ccc(C3CCC(CC)CC3)nc2)CC1. The summed E-state index contributed by atoms with van der Waals surface area (Å²) in [5.74, 6) is 3.48. The van der Waals surface area contributed by atoms with E-state index in [1.165, 1.54) is 81.9 Å². The Morgan fingerprint density at radius 1 is 0.826 bits per heavy atom. The summed E-state index contributed by atoms with van der Waals surface area (Å²) in [6.45, 7) is 4.66. The summed E-state index contributed by atoms with van der Waals surface area (Å²) in [5.41, 5.74) is 2.87. The van der Waals surface area contributed by atoms with Gasteiger partial charge >= 0.3 is 0 Å². The summed E-state index contributed by atoms with van der Waals surface area (Å²) in [6.07, 6.45) is 17.5. The van der Waals surface area contributed by atoms with Crippen LogP contribution in [-0.2, 0) is 0 Å². The van der Waals surface area contributed by atoms with E-state index in [0.717, 1.165) is 23.7 Å². The highest BCUT2D eigenvalue weighted by Crippen LogP contribution is 2.39. The molecule has 0 unspecified atom stereocenters. The molecule has 128 valence electrons. The van der Waals surface area contributed by atoms with Gasteiger partial charge in [0.25, 0.3) is 0 Å². The van der Waals surface area contributed by atoms with Crippen molar-refractivity contribution in [2.75, 3.05) is 0 Å². The molecule has 0 bridgehead atoms. The third kappa shape index (κ3) is 4.37. The van der Waals surface area contributed by atoms with Crippen molar-refractivity contribution in [3.63, 3.8) is 0 Å². The van der Waals surface area contributed by atoms with Crippen molar-refractivity contribution in [3.05, 3.63) is 29.6 Å². The zero-order chi connectivity index (χ0) is 16.1. The molecule has 0 radical (unpaired) electrons. The monoisotopic (exact) mass is 313 g/mol. The Balaban J connectivity index is 1.53. The Labute approximate surface area is 143 Å². The summed E-state index contributed by atoms with van der Waals surface area (Å²) >= 11 is 0. The van der Waals surface area contributed by atoms with Crippen molar-refractivity contribution < 1.29 is 0 Å². The third-order valence-electron chi connectivity index (χ3n) is 6.67. The lowest BCUT2D eigenvalue weighted by atomic mass is 9.77. The molecular formula is C22H35N. The second-order valence-corrected chi connectivity index (χ2v) is 8.15. The lowest BCUT2D eigenvalue weighted by molar-refractivity contribution is 0.307. The lowest BCUT2D eigenvalue weighted by Gasteiger charge is -2.29. The van der Waals surface area contributed by atoms with E-state index in [9.17, 15) is 0 Å². The molecule has 0 aliphatic heterocycles. The van der Waals surface area contributed by atoms with Gasteiger partial charge < -0.3 is 0 Å². The van der Waals surface area contributed by atoms with Gasteiger partial charge in [0.1, 0.15) is 0 Å². The van der Waals surface area contributed by atoms with E-state index in [1.54, 1.807) is 0 Å². The number of pyridine rings is 1. The van der Waals surface area contributed by atoms with Crippen LogP contribution >= 0.6 is 0 Å². The topological polar surface area (TPSA) is 12.9 Å². The molecule has 0 N–H and O–H groups in total. The molecular weight excluding hydrogens is 278 g/mol. The normalized spacial score (nSPS) is 31.9. The number of rotatable bonds is 5. The molecule has 23 heavy (non-hydrogen) atoms. The van der Waals surface area contributed by atoms with Crippen LogP contribution in [0.15, 0.2) is 18.3 Å². The minimum absolute atomic E-state index is 0.729. The fourth-order valence-corrected chi connectivity index (χ4v) is 4.96. The largest absolute Gasteiger partial charge is 0.261 e. The predicted octanol–water partition coefficient (Wildman–Crippen LogP) is 6.84. The Hall–Kier alpha value is -0.850. The average molecular weight is 314 g/mol. The van der Waals surface area contributed by atoms with Crippen LogP contribution in [0, 0.1) is 11.8 Å². The zero-order valence-electron chi connectivity index (χ0n) is 15.3. The van der Waals surface area contributed by atoms with E-state index in [4.69, 9.17) is 4.98 Å². The predicted molar refractivity (Wildman–Crippen MR) is 98.8 cm³/mol. The first kappa shape index (κ1) is 17.0. The van der Waals surface area contributed by atoms with Crippen LogP contribution in [0.2, 0.25) is 0 Å². The van der Waals surface area contributed by atoms with Crippen molar-refractivity contribution in [1.82, 2.24) is 4.98 Å². The molecule has 2 aliphatic carbocycles. The molecule has 0 atom stereocenters. The molecule has 1 heteroatoms. The summed E-state index contributed by atoms with van der Waals surface area (Å²) in [7, 11) is 0. The van der Waals surface area contributed by atoms with E-state index in [0.29, 0.717) is 0 Å². The van der Waals surface area contributed by atoms with Crippen LogP contribution in [0.5, 0.6) is 0 Å². The summed E-state index contributed by atoms with van der Waals surface area (Å²) in [4.78, 5) is 4.88. The van der Waals surface area contributed by atoms with Gasteiger partial charge in [0, 0.05) is 17.8 Å². The first-order valence-corrected chi connectivity index (χ1v) is 10.3. The van der Waals surface area contributed by atoms with Gasteiger partial charge in [-0.1, -0.05) is 39.2 Å². The third-order valence-corrected chi connectivity index (χ3v) is 6.67. The number of hydrogen-bond donors (Lipinski definition) is 0. The first-order chi connectivity index (χ1) is 11.3. The van der Waals surface area contributed by atoms with Crippen LogP contribution < -0.4 is 0 Å². The Morgan fingerprint density at radius 3 is 2.04 bits per heavy atom. The second kappa shape index (κ2) is 8.31. The average Bonchev–Trinajstić information content (AvgIpc) is 2.63. The highest BCUT2D eigenvalue weighted by atomic mass is 14.7. The zero-order valence-corrected chi connectivity index (χ0v) is 15.3. The number of hydrogen-bond acceptors (Lipinski definition) is 1. The van der Waals surface area contributed by atoms with Crippen LogP contribution in [0.3, 0.4) is 0 Å². The molecule has 1 heterocycles. The minimum atomic E-state index is 0.729. The highest BCUT2D eigenvalue weighted by molar-refractivity contribution is 5.21. The van der Waals surface area contributed by atoms with Gasteiger partial charge in [0.2, 0.25) is 0 Å². The molecule has 0 saturated heterocycles. The van der Waals surface area contributed by atoms with Crippen molar-refractivity contribution in [1.29, 1.82) is 0 Å². The Kier molecular flexibility index (Phi) is 6.14. The van der Waals surface area contributed by atoms with Gasteiger partial charge in [-0.25, -0.2) is 0 Å². The van der Waals surface area contributed by atoms with E-state index < -0.39 is 0 Å². The van der Waals surface area contributed by atoms with Gasteiger partial charge in [-0.3, -0.25) is 4.98 Å². The van der Waals surface area contributed by atoms with Gasteiger partial charge in [0.05, 0.1) is 0 Å². The van der Waals surface area contributed by atoms with Crippen LogP contribution in [0.1, 0.15) is 108 Å². The van der Waals surface area contributed by atoms with Crippen LogP contribution in [0.25, 0.3) is 0 Å². The fraction of sp³-hybridized carbons (Fsp3) is 0.773. The molecule has 0 aromatic carbocycles. The molecule has 1 aromatic rings. The molecule has 2 aliphatic rings. The quantitative estimate of drug-likeness (QED) is 0.580. The summed E-state index contributed by atoms with van der Waals surface area (Å²) < 4.78 is 0. The first-order valence-electron chi connectivity index (χ1n) is 10.3. The molecule has 1 aromatic heterocycles. The molecule has 1 nitrogen and oxygen atoms in total. The second-order valence-electron chi connectivity index (χ2n) is 8.15. The minimum Gasteiger partial charge on any atom is -0.261 e. The smallest absolute Gasteiger partial charge is 0.0434 e. The van der Waals surface area contributed by atoms with Crippen LogP contribution in [-0.4, -0.2) is 4.98 Å². The van der Waals surface area contributed by atoms with E-state index >= 15 is 0 Å². The molecule has 2 saturated carbocycles. The van der Waals surface area contributed by atoms with Crippen LogP contribution in [0.4, 0.5) is 0 Å². The fourth-order valence-electron chi connectivity index (χ4n) is 4.96. The maximum absolute atomic E-state index is 4.88. The molecule has 3 rings (SSSR count). The number of aromatic nitrogens is 1. The van der Waals surface area contributed by atoms with Crippen molar-refractivity contribution >= 4 is 0 Å². The Bertz CT molecular complexity index is 447. The molecule has 0 amide bonds. The maximum atomic E-state index is 4.88. The molecule has 0 spiro atoms. The maximum Gasteiger partial charge on any atom is 0.0434 e. The van der Waals surface area contributed by atoms with Crippen molar-refractivity contribution in [3.8, 4) is 0 Å².